The number of carboxylic acids is 1. The van der Waals surface area contributed by atoms with Crippen LogP contribution in [-0.4, -0.2) is 33.5 Å². The number of carbonyl (C=O) groups is 1. The highest BCUT2D eigenvalue weighted by molar-refractivity contribution is 5.73. The van der Waals surface area contributed by atoms with Crippen molar-refractivity contribution in [1.82, 2.24) is 9.88 Å². The van der Waals surface area contributed by atoms with Gasteiger partial charge >= 0.3 is 5.97 Å². The molecule has 1 atom stereocenters. The summed E-state index contributed by atoms with van der Waals surface area (Å²) in [5, 5.41) is 9.32. The van der Waals surface area contributed by atoms with Crippen LogP contribution in [0.3, 0.4) is 0 Å². The minimum Gasteiger partial charge on any atom is -0.480 e. The number of likely N-dealkylation sites (tertiary alicyclic amines) is 1. The molecule has 1 aromatic heterocycles. The van der Waals surface area contributed by atoms with Gasteiger partial charge in [-0.2, -0.15) is 0 Å². The number of carboxylic acid groups (broad SMARTS) is 1. The summed E-state index contributed by atoms with van der Waals surface area (Å²) in [6.45, 7) is 3.52. The minimum absolute atomic E-state index is 0.353. The van der Waals surface area contributed by atoms with Crippen molar-refractivity contribution in [3.63, 3.8) is 0 Å². The van der Waals surface area contributed by atoms with Crippen LogP contribution in [0.2, 0.25) is 0 Å². The molecule has 4 nitrogen and oxygen atoms in total. The number of aliphatic carboxylic acids is 1. The fourth-order valence-electron chi connectivity index (χ4n) is 2.51. The van der Waals surface area contributed by atoms with Gasteiger partial charge in [0, 0.05) is 12.7 Å². The zero-order chi connectivity index (χ0) is 13.0. The molecular formula is C14H20N2O2. The second-order valence-electron chi connectivity index (χ2n) is 4.94. The molecule has 1 N–H and O–H groups in total. The Morgan fingerprint density at radius 2 is 2.33 bits per heavy atom. The first kappa shape index (κ1) is 13.0. The lowest BCUT2D eigenvalue weighted by atomic mass is 10.1. The fourth-order valence-corrected chi connectivity index (χ4v) is 2.51. The van der Waals surface area contributed by atoms with Crippen molar-refractivity contribution in [2.75, 3.05) is 6.54 Å². The maximum Gasteiger partial charge on any atom is 0.320 e. The largest absolute Gasteiger partial charge is 0.480 e. The van der Waals surface area contributed by atoms with Crippen LogP contribution in [0, 0.1) is 6.92 Å². The second-order valence-corrected chi connectivity index (χ2v) is 4.94. The van der Waals surface area contributed by atoms with Crippen LogP contribution < -0.4 is 0 Å². The summed E-state index contributed by atoms with van der Waals surface area (Å²) < 4.78 is 0. The molecule has 0 amide bonds. The second kappa shape index (κ2) is 5.96. The molecule has 2 rings (SSSR count). The molecular weight excluding hydrogens is 228 g/mol. The van der Waals surface area contributed by atoms with Crippen LogP contribution in [0.5, 0.6) is 0 Å². The van der Waals surface area contributed by atoms with Gasteiger partial charge in [0.25, 0.3) is 0 Å². The lowest BCUT2D eigenvalue weighted by molar-refractivity contribution is -0.143. The Labute approximate surface area is 108 Å². The summed E-state index contributed by atoms with van der Waals surface area (Å²) in [6, 6.07) is 3.58. The Morgan fingerprint density at radius 3 is 3.06 bits per heavy atom. The van der Waals surface area contributed by atoms with Gasteiger partial charge < -0.3 is 5.11 Å². The van der Waals surface area contributed by atoms with E-state index in [4.69, 9.17) is 0 Å². The minimum atomic E-state index is -0.703. The van der Waals surface area contributed by atoms with E-state index in [0.29, 0.717) is 6.54 Å². The average molecular weight is 248 g/mol. The van der Waals surface area contributed by atoms with E-state index in [2.05, 4.69) is 9.88 Å². The molecule has 0 radical (unpaired) electrons. The van der Waals surface area contributed by atoms with Crippen molar-refractivity contribution in [3.8, 4) is 0 Å². The highest BCUT2D eigenvalue weighted by atomic mass is 16.4. The first-order valence-electron chi connectivity index (χ1n) is 6.56. The Morgan fingerprint density at radius 1 is 1.50 bits per heavy atom. The molecule has 18 heavy (non-hydrogen) atoms. The van der Waals surface area contributed by atoms with Crippen molar-refractivity contribution in [2.24, 2.45) is 0 Å². The first-order valence-corrected chi connectivity index (χ1v) is 6.56. The summed E-state index contributed by atoms with van der Waals surface area (Å²) in [5.74, 6) is -0.703. The van der Waals surface area contributed by atoms with Gasteiger partial charge in [-0.3, -0.25) is 14.7 Å². The number of aromatic nitrogens is 1. The van der Waals surface area contributed by atoms with E-state index in [0.717, 1.165) is 43.5 Å². The number of rotatable bonds is 3. The molecule has 1 unspecified atom stereocenters. The van der Waals surface area contributed by atoms with E-state index in [1.54, 1.807) is 6.20 Å². The van der Waals surface area contributed by atoms with Gasteiger partial charge in [0.2, 0.25) is 0 Å². The topological polar surface area (TPSA) is 53.4 Å². The zero-order valence-corrected chi connectivity index (χ0v) is 10.8. The Balaban J connectivity index is 2.14. The van der Waals surface area contributed by atoms with E-state index in [1.807, 2.05) is 19.1 Å². The van der Waals surface area contributed by atoms with Crippen molar-refractivity contribution in [2.45, 2.75) is 45.2 Å². The molecule has 0 bridgehead atoms. The molecule has 1 aliphatic rings. The quantitative estimate of drug-likeness (QED) is 0.891. The number of hydrogen-bond acceptors (Lipinski definition) is 3. The summed E-state index contributed by atoms with van der Waals surface area (Å²) in [7, 11) is 0. The molecule has 0 aliphatic carbocycles. The van der Waals surface area contributed by atoms with Crippen molar-refractivity contribution >= 4 is 5.97 Å². The number of aryl methyl sites for hydroxylation is 1. The Bertz CT molecular complexity index is 420. The van der Waals surface area contributed by atoms with Gasteiger partial charge in [-0.25, -0.2) is 0 Å². The standard InChI is InChI=1S/C14H20N2O2/c1-11-6-5-8-15-12(11)10-16-9-4-2-3-7-13(16)14(17)18/h5-6,8,13H,2-4,7,9-10H2,1H3,(H,17,18). The molecule has 1 fully saturated rings. The first-order chi connectivity index (χ1) is 8.68. The van der Waals surface area contributed by atoms with E-state index < -0.39 is 5.97 Å². The third-order valence-corrected chi connectivity index (χ3v) is 3.62. The summed E-state index contributed by atoms with van der Waals surface area (Å²) >= 11 is 0. The van der Waals surface area contributed by atoms with Gasteiger partial charge in [0.1, 0.15) is 6.04 Å². The molecule has 0 aromatic carbocycles. The van der Waals surface area contributed by atoms with Gasteiger partial charge in [-0.05, 0) is 37.9 Å². The van der Waals surface area contributed by atoms with E-state index in [9.17, 15) is 9.90 Å². The zero-order valence-electron chi connectivity index (χ0n) is 10.8. The van der Waals surface area contributed by atoms with Crippen LogP contribution >= 0.6 is 0 Å². The average Bonchev–Trinajstić information content (AvgIpc) is 2.57. The Hall–Kier alpha value is -1.42. The molecule has 1 aromatic rings. The van der Waals surface area contributed by atoms with Crippen LogP contribution in [0.15, 0.2) is 18.3 Å². The Kier molecular flexibility index (Phi) is 4.31. The highest BCUT2D eigenvalue weighted by Gasteiger charge is 2.27. The van der Waals surface area contributed by atoms with Crippen molar-refractivity contribution < 1.29 is 9.90 Å². The molecule has 2 heterocycles. The molecule has 1 aliphatic heterocycles. The predicted octanol–water partition coefficient (Wildman–Crippen LogP) is 2.22. The van der Waals surface area contributed by atoms with Crippen molar-refractivity contribution in [3.05, 3.63) is 29.6 Å². The number of hydrogen-bond donors (Lipinski definition) is 1. The molecule has 4 heteroatoms. The third-order valence-electron chi connectivity index (χ3n) is 3.62. The van der Waals surface area contributed by atoms with E-state index >= 15 is 0 Å². The maximum absolute atomic E-state index is 11.3. The molecule has 0 spiro atoms. The maximum atomic E-state index is 11.3. The molecule has 1 saturated heterocycles. The van der Waals surface area contributed by atoms with E-state index in [-0.39, 0.29) is 6.04 Å². The summed E-state index contributed by atoms with van der Waals surface area (Å²) in [6.07, 6.45) is 5.74. The van der Waals surface area contributed by atoms with Crippen molar-refractivity contribution in [1.29, 1.82) is 0 Å². The lowest BCUT2D eigenvalue weighted by Gasteiger charge is -2.26. The van der Waals surface area contributed by atoms with Crippen LogP contribution in [-0.2, 0) is 11.3 Å². The predicted molar refractivity (Wildman–Crippen MR) is 69.3 cm³/mol. The normalized spacial score (nSPS) is 21.5. The number of nitrogens with zero attached hydrogens (tertiary/aromatic N) is 2. The van der Waals surface area contributed by atoms with Gasteiger partial charge in [0.05, 0.1) is 5.69 Å². The van der Waals surface area contributed by atoms with Gasteiger partial charge in [-0.15, -0.1) is 0 Å². The third kappa shape index (κ3) is 3.07. The van der Waals surface area contributed by atoms with Gasteiger partial charge in [0.15, 0.2) is 0 Å². The monoisotopic (exact) mass is 248 g/mol. The SMILES string of the molecule is Cc1cccnc1CN1CCCCCC1C(=O)O. The lowest BCUT2D eigenvalue weighted by Crippen LogP contribution is -2.40. The van der Waals surface area contributed by atoms with Crippen LogP contribution in [0.4, 0.5) is 0 Å². The van der Waals surface area contributed by atoms with Gasteiger partial charge in [-0.1, -0.05) is 18.9 Å². The molecule has 0 saturated carbocycles. The summed E-state index contributed by atoms with van der Waals surface area (Å²) in [4.78, 5) is 17.8. The highest BCUT2D eigenvalue weighted by Crippen LogP contribution is 2.19. The van der Waals surface area contributed by atoms with Crippen LogP contribution in [0.25, 0.3) is 0 Å². The van der Waals surface area contributed by atoms with E-state index in [1.165, 1.54) is 0 Å². The smallest absolute Gasteiger partial charge is 0.320 e. The number of pyridine rings is 1. The summed E-state index contributed by atoms with van der Waals surface area (Å²) in [5.41, 5.74) is 2.12. The molecule has 98 valence electrons. The van der Waals surface area contributed by atoms with Crippen LogP contribution in [0.1, 0.15) is 36.9 Å². The fraction of sp³-hybridized carbons (Fsp3) is 0.571.